The number of carbonyl (C=O) groups excluding carboxylic acids is 2. The van der Waals surface area contributed by atoms with E-state index in [9.17, 15) is 18.0 Å². The van der Waals surface area contributed by atoms with Gasteiger partial charge in [-0.25, -0.2) is 13.8 Å². The minimum absolute atomic E-state index is 0.00714. The minimum atomic E-state index is -4.16. The zero-order valence-electron chi connectivity index (χ0n) is 22.2. The lowest BCUT2D eigenvalue weighted by Gasteiger charge is -2.26. The number of hydrogen-bond donors (Lipinski definition) is 1. The molecule has 0 unspecified atom stereocenters. The van der Waals surface area contributed by atoms with Gasteiger partial charge in [-0.15, -0.1) is 0 Å². The fraction of sp³-hybridized carbons (Fsp3) is 0.250. The van der Waals surface area contributed by atoms with Crippen LogP contribution in [0, 0.1) is 0 Å². The van der Waals surface area contributed by atoms with Crippen LogP contribution in [0.25, 0.3) is 0 Å². The van der Waals surface area contributed by atoms with Gasteiger partial charge in [0.25, 0.3) is 21.8 Å². The third-order valence-corrected chi connectivity index (χ3v) is 8.05. The van der Waals surface area contributed by atoms with E-state index < -0.39 is 22.5 Å². The summed E-state index contributed by atoms with van der Waals surface area (Å²) < 4.78 is 44.1. The van der Waals surface area contributed by atoms with Gasteiger partial charge in [-0.05, 0) is 60.2 Å². The molecule has 1 aliphatic heterocycles. The van der Waals surface area contributed by atoms with E-state index in [2.05, 4.69) is 10.5 Å². The molecule has 216 valence electrons. The normalized spacial score (nSPS) is 13.6. The van der Waals surface area contributed by atoms with E-state index in [0.717, 1.165) is 4.31 Å². The predicted molar refractivity (Wildman–Crippen MR) is 154 cm³/mol. The maximum atomic E-state index is 13.5. The molecule has 3 aromatic rings. The topological polar surface area (TPSA) is 127 Å². The maximum Gasteiger partial charge on any atom is 0.264 e. The number of rotatable bonds is 11. The Labute approximate surface area is 243 Å². The molecule has 1 N–H and O–H groups in total. The average molecular weight is 601 g/mol. The van der Waals surface area contributed by atoms with Crippen LogP contribution in [0.3, 0.4) is 0 Å². The molecular formula is C28H29ClN4O7S. The molecule has 13 heteroatoms. The highest BCUT2D eigenvalue weighted by molar-refractivity contribution is 7.92. The van der Waals surface area contributed by atoms with Gasteiger partial charge >= 0.3 is 0 Å². The number of halogens is 1. The van der Waals surface area contributed by atoms with Crippen molar-refractivity contribution in [2.24, 2.45) is 5.10 Å². The van der Waals surface area contributed by atoms with E-state index in [0.29, 0.717) is 37.6 Å². The van der Waals surface area contributed by atoms with E-state index in [1.165, 1.54) is 37.6 Å². The molecule has 0 aliphatic carbocycles. The van der Waals surface area contributed by atoms with E-state index in [-0.39, 0.29) is 33.9 Å². The highest BCUT2D eigenvalue weighted by atomic mass is 35.5. The van der Waals surface area contributed by atoms with Crippen LogP contribution in [0.4, 0.5) is 5.69 Å². The van der Waals surface area contributed by atoms with Crippen molar-refractivity contribution in [1.29, 1.82) is 0 Å². The Morgan fingerprint density at radius 2 is 1.78 bits per heavy atom. The molecule has 1 saturated heterocycles. The van der Waals surface area contributed by atoms with Crippen LogP contribution in [0.2, 0.25) is 5.02 Å². The summed E-state index contributed by atoms with van der Waals surface area (Å²) in [6, 6.07) is 19.0. The number of ether oxygens (including phenoxy) is 3. The molecule has 11 nitrogen and oxygen atoms in total. The second-order valence-corrected chi connectivity index (χ2v) is 11.1. The van der Waals surface area contributed by atoms with E-state index in [1.54, 1.807) is 53.4 Å². The number of methoxy groups -OCH3 is 1. The molecule has 0 radical (unpaired) electrons. The van der Waals surface area contributed by atoms with Crippen molar-refractivity contribution >= 4 is 45.3 Å². The number of amides is 2. The van der Waals surface area contributed by atoms with Gasteiger partial charge in [0.05, 0.1) is 37.1 Å². The first kappa shape index (κ1) is 29.8. The lowest BCUT2D eigenvalue weighted by molar-refractivity contribution is -0.137. The first-order valence-corrected chi connectivity index (χ1v) is 14.4. The van der Waals surface area contributed by atoms with Gasteiger partial charge in [0.2, 0.25) is 0 Å². The molecule has 4 rings (SSSR count). The number of morpholine rings is 1. The summed E-state index contributed by atoms with van der Waals surface area (Å²) in [5, 5.41) is 4.22. The number of hydrogen-bond acceptors (Lipinski definition) is 8. The summed E-state index contributed by atoms with van der Waals surface area (Å²) in [7, 11) is -2.77. The smallest absolute Gasteiger partial charge is 0.264 e. The molecule has 0 spiro atoms. The molecule has 3 aromatic carbocycles. The van der Waals surface area contributed by atoms with Crippen LogP contribution in [-0.2, 0) is 24.3 Å². The molecule has 0 saturated carbocycles. The summed E-state index contributed by atoms with van der Waals surface area (Å²) in [5.74, 6) is -0.0751. The third kappa shape index (κ3) is 7.97. The molecule has 0 atom stereocenters. The average Bonchev–Trinajstić information content (AvgIpc) is 3.00. The maximum absolute atomic E-state index is 13.5. The van der Waals surface area contributed by atoms with Crippen LogP contribution in [0.1, 0.15) is 5.56 Å². The summed E-state index contributed by atoms with van der Waals surface area (Å²) in [6.07, 6.45) is 1.40. The van der Waals surface area contributed by atoms with Gasteiger partial charge < -0.3 is 19.1 Å². The van der Waals surface area contributed by atoms with Crippen molar-refractivity contribution < 1.29 is 32.2 Å². The van der Waals surface area contributed by atoms with Gasteiger partial charge in [-0.1, -0.05) is 29.8 Å². The number of carbonyl (C=O) groups is 2. The van der Waals surface area contributed by atoms with Crippen molar-refractivity contribution in [1.82, 2.24) is 10.3 Å². The predicted octanol–water partition coefficient (Wildman–Crippen LogP) is 2.93. The van der Waals surface area contributed by atoms with Gasteiger partial charge in [0.15, 0.2) is 6.61 Å². The summed E-state index contributed by atoms with van der Waals surface area (Å²) in [6.45, 7) is 1.47. The first-order chi connectivity index (χ1) is 19.8. The second-order valence-electron chi connectivity index (χ2n) is 8.78. The molecular weight excluding hydrogens is 572 g/mol. The number of benzene rings is 3. The quantitative estimate of drug-likeness (QED) is 0.265. The Morgan fingerprint density at radius 1 is 1.07 bits per heavy atom. The number of sulfonamides is 1. The molecule has 2 amide bonds. The minimum Gasteiger partial charge on any atom is -0.495 e. The van der Waals surface area contributed by atoms with E-state index in [1.807, 2.05) is 0 Å². The molecule has 1 aliphatic rings. The molecule has 0 aromatic heterocycles. The van der Waals surface area contributed by atoms with Crippen LogP contribution in [-0.4, -0.2) is 77.9 Å². The number of hydrazone groups is 1. The highest BCUT2D eigenvalue weighted by Gasteiger charge is 2.29. The zero-order valence-corrected chi connectivity index (χ0v) is 23.8. The largest absolute Gasteiger partial charge is 0.495 e. The van der Waals surface area contributed by atoms with Crippen LogP contribution in [0.5, 0.6) is 11.5 Å². The van der Waals surface area contributed by atoms with Crippen molar-refractivity contribution in [2.75, 3.05) is 50.9 Å². The van der Waals surface area contributed by atoms with Crippen molar-refractivity contribution in [3.63, 3.8) is 0 Å². The van der Waals surface area contributed by atoms with E-state index in [4.69, 9.17) is 25.8 Å². The molecule has 41 heavy (non-hydrogen) atoms. The van der Waals surface area contributed by atoms with Gasteiger partial charge in [-0.3, -0.25) is 13.9 Å². The Balaban J connectivity index is 1.40. The fourth-order valence-corrected chi connectivity index (χ4v) is 5.53. The first-order valence-electron chi connectivity index (χ1n) is 12.6. The fourth-order valence-electron chi connectivity index (χ4n) is 3.92. The molecule has 1 heterocycles. The van der Waals surface area contributed by atoms with Gasteiger partial charge in [0, 0.05) is 18.1 Å². The summed E-state index contributed by atoms with van der Waals surface area (Å²) in [4.78, 5) is 26.8. The van der Waals surface area contributed by atoms with Crippen molar-refractivity contribution in [3.8, 4) is 11.5 Å². The van der Waals surface area contributed by atoms with Crippen molar-refractivity contribution in [3.05, 3.63) is 83.4 Å². The SMILES string of the molecule is COc1ccc(Cl)cc1N(CC(=O)N/N=C\c1ccc(OCC(=O)N2CCOCC2)cc1)S(=O)(=O)c1ccccc1. The van der Waals surface area contributed by atoms with Crippen molar-refractivity contribution in [2.45, 2.75) is 4.90 Å². The summed E-state index contributed by atoms with van der Waals surface area (Å²) in [5.41, 5.74) is 3.10. The molecule has 1 fully saturated rings. The number of anilines is 1. The lowest BCUT2D eigenvalue weighted by Crippen LogP contribution is -2.42. The van der Waals surface area contributed by atoms with Crippen LogP contribution < -0.4 is 19.2 Å². The third-order valence-electron chi connectivity index (χ3n) is 6.04. The van der Waals surface area contributed by atoms with Gasteiger partial charge in [-0.2, -0.15) is 5.10 Å². The van der Waals surface area contributed by atoms with Crippen LogP contribution in [0.15, 0.2) is 82.8 Å². The van der Waals surface area contributed by atoms with Crippen LogP contribution >= 0.6 is 11.6 Å². The lowest BCUT2D eigenvalue weighted by atomic mass is 10.2. The Morgan fingerprint density at radius 3 is 2.46 bits per heavy atom. The standard InChI is InChI=1S/C28H29ClN4O7S/c1-38-26-12-9-22(29)17-25(26)33(41(36,37)24-5-3-2-4-6-24)19-27(34)31-30-18-21-7-10-23(11-8-21)40-20-28(35)32-13-15-39-16-14-32/h2-12,17-18H,13-16,19-20H2,1H3,(H,31,34)/b30-18-. The van der Waals surface area contributed by atoms with E-state index >= 15 is 0 Å². The Kier molecular flexibility index (Phi) is 10.2. The number of nitrogens with zero attached hydrogens (tertiary/aromatic N) is 3. The van der Waals surface area contributed by atoms with Gasteiger partial charge in [0.1, 0.15) is 18.0 Å². The molecule has 0 bridgehead atoms. The Hall–Kier alpha value is -4.13. The highest BCUT2D eigenvalue weighted by Crippen LogP contribution is 2.34. The zero-order chi connectivity index (χ0) is 29.2. The Bertz CT molecular complexity index is 1480. The number of nitrogens with one attached hydrogen (secondary N) is 1. The monoisotopic (exact) mass is 600 g/mol. The second kappa shape index (κ2) is 14.0. The summed E-state index contributed by atoms with van der Waals surface area (Å²) >= 11 is 6.15.